The van der Waals surface area contributed by atoms with Gasteiger partial charge in [-0.05, 0) is 0 Å². The van der Waals surface area contributed by atoms with E-state index in [2.05, 4.69) is 5.92 Å². The number of carbonyl (C=O) groups excluding carboxylic acids is 1. The minimum atomic E-state index is 0.0975. The standard InChI is InChI=1S/C8H12N2O/c1-3-4-5-10-7-6-9(2)8(10)11/h1H,4-7H2,2H3. The molecule has 60 valence electrons. The van der Waals surface area contributed by atoms with Crippen molar-refractivity contribution in [2.75, 3.05) is 26.7 Å². The molecular formula is C8H12N2O. The number of urea groups is 1. The zero-order valence-corrected chi connectivity index (χ0v) is 6.71. The monoisotopic (exact) mass is 152 g/mol. The van der Waals surface area contributed by atoms with Gasteiger partial charge in [-0.15, -0.1) is 12.3 Å². The van der Waals surface area contributed by atoms with Crippen molar-refractivity contribution >= 4 is 6.03 Å². The van der Waals surface area contributed by atoms with Crippen molar-refractivity contribution < 1.29 is 4.79 Å². The average molecular weight is 152 g/mol. The SMILES string of the molecule is C#CCCN1CCN(C)C1=O. The Labute approximate surface area is 67.0 Å². The molecule has 0 atom stereocenters. The Morgan fingerprint density at radius 1 is 1.64 bits per heavy atom. The van der Waals surface area contributed by atoms with Gasteiger partial charge in [-0.1, -0.05) is 0 Å². The van der Waals surface area contributed by atoms with Crippen LogP contribution in [-0.4, -0.2) is 42.5 Å². The second-order valence-electron chi connectivity index (χ2n) is 2.65. The number of hydrogen-bond donors (Lipinski definition) is 0. The summed E-state index contributed by atoms with van der Waals surface area (Å²) in [6.45, 7) is 2.33. The van der Waals surface area contributed by atoms with Crippen molar-refractivity contribution in [1.82, 2.24) is 9.80 Å². The van der Waals surface area contributed by atoms with Crippen molar-refractivity contribution in [2.24, 2.45) is 0 Å². The highest BCUT2D eigenvalue weighted by molar-refractivity contribution is 5.76. The third-order valence-corrected chi connectivity index (χ3v) is 1.83. The van der Waals surface area contributed by atoms with Crippen LogP contribution in [0.2, 0.25) is 0 Å². The third-order valence-electron chi connectivity index (χ3n) is 1.83. The number of terminal acetylenes is 1. The van der Waals surface area contributed by atoms with E-state index < -0.39 is 0 Å². The van der Waals surface area contributed by atoms with Crippen LogP contribution in [0.25, 0.3) is 0 Å². The smallest absolute Gasteiger partial charge is 0.319 e. The number of likely N-dealkylation sites (N-methyl/N-ethyl adjacent to an activating group) is 1. The molecule has 0 spiro atoms. The molecular weight excluding hydrogens is 140 g/mol. The van der Waals surface area contributed by atoms with Crippen LogP contribution in [0.3, 0.4) is 0 Å². The molecule has 2 amide bonds. The van der Waals surface area contributed by atoms with Gasteiger partial charge in [0.15, 0.2) is 0 Å². The van der Waals surface area contributed by atoms with Gasteiger partial charge in [0.25, 0.3) is 0 Å². The van der Waals surface area contributed by atoms with E-state index in [0.717, 1.165) is 13.1 Å². The van der Waals surface area contributed by atoms with Gasteiger partial charge in [0, 0.05) is 33.1 Å². The molecule has 0 N–H and O–H groups in total. The first kappa shape index (κ1) is 7.93. The lowest BCUT2D eigenvalue weighted by Gasteiger charge is -2.13. The van der Waals surface area contributed by atoms with Crippen LogP contribution in [0.15, 0.2) is 0 Å². The van der Waals surface area contributed by atoms with Crippen molar-refractivity contribution in [3.8, 4) is 12.3 Å². The fourth-order valence-corrected chi connectivity index (χ4v) is 1.11. The fraction of sp³-hybridized carbons (Fsp3) is 0.625. The summed E-state index contributed by atoms with van der Waals surface area (Å²) in [5.41, 5.74) is 0. The van der Waals surface area contributed by atoms with E-state index in [4.69, 9.17) is 6.42 Å². The van der Waals surface area contributed by atoms with Crippen LogP contribution >= 0.6 is 0 Å². The van der Waals surface area contributed by atoms with Gasteiger partial charge in [-0.2, -0.15) is 0 Å². The summed E-state index contributed by atoms with van der Waals surface area (Å²) in [6.07, 6.45) is 5.74. The maximum atomic E-state index is 11.2. The van der Waals surface area contributed by atoms with Crippen LogP contribution < -0.4 is 0 Å². The molecule has 1 saturated heterocycles. The Morgan fingerprint density at radius 2 is 2.36 bits per heavy atom. The van der Waals surface area contributed by atoms with Gasteiger partial charge in [0.1, 0.15) is 0 Å². The van der Waals surface area contributed by atoms with E-state index in [1.54, 1.807) is 16.8 Å². The topological polar surface area (TPSA) is 23.6 Å². The van der Waals surface area contributed by atoms with E-state index in [1.165, 1.54) is 0 Å². The van der Waals surface area contributed by atoms with Gasteiger partial charge in [0.05, 0.1) is 0 Å². The van der Waals surface area contributed by atoms with Gasteiger partial charge < -0.3 is 9.80 Å². The lowest BCUT2D eigenvalue weighted by Crippen LogP contribution is -2.29. The maximum Gasteiger partial charge on any atom is 0.319 e. The van der Waals surface area contributed by atoms with E-state index in [1.807, 2.05) is 0 Å². The summed E-state index contributed by atoms with van der Waals surface area (Å²) in [5.74, 6) is 2.52. The van der Waals surface area contributed by atoms with Crippen LogP contribution in [0, 0.1) is 12.3 Å². The number of rotatable bonds is 2. The number of nitrogens with zero attached hydrogens (tertiary/aromatic N) is 2. The molecule has 11 heavy (non-hydrogen) atoms. The van der Waals surface area contributed by atoms with Crippen molar-refractivity contribution in [2.45, 2.75) is 6.42 Å². The first-order valence-corrected chi connectivity index (χ1v) is 3.69. The Hall–Kier alpha value is -1.17. The van der Waals surface area contributed by atoms with E-state index in [0.29, 0.717) is 13.0 Å². The fourth-order valence-electron chi connectivity index (χ4n) is 1.11. The summed E-state index contributed by atoms with van der Waals surface area (Å²) in [5, 5.41) is 0. The van der Waals surface area contributed by atoms with Crippen LogP contribution in [-0.2, 0) is 0 Å². The average Bonchev–Trinajstić information content (AvgIpc) is 2.31. The Bertz CT molecular complexity index is 195. The molecule has 1 heterocycles. The second kappa shape index (κ2) is 3.29. The van der Waals surface area contributed by atoms with Gasteiger partial charge in [0.2, 0.25) is 0 Å². The zero-order chi connectivity index (χ0) is 8.27. The summed E-state index contributed by atoms with van der Waals surface area (Å²) >= 11 is 0. The van der Waals surface area contributed by atoms with Crippen LogP contribution in [0.1, 0.15) is 6.42 Å². The second-order valence-corrected chi connectivity index (χ2v) is 2.65. The van der Waals surface area contributed by atoms with Crippen molar-refractivity contribution in [3.05, 3.63) is 0 Å². The van der Waals surface area contributed by atoms with E-state index in [9.17, 15) is 4.79 Å². The molecule has 1 fully saturated rings. The Balaban J connectivity index is 2.38. The Kier molecular flexibility index (Phi) is 2.37. The predicted molar refractivity (Wildman–Crippen MR) is 43.0 cm³/mol. The van der Waals surface area contributed by atoms with Gasteiger partial charge in [-0.25, -0.2) is 4.79 Å². The quantitative estimate of drug-likeness (QED) is 0.525. The Morgan fingerprint density at radius 3 is 2.82 bits per heavy atom. The highest BCUT2D eigenvalue weighted by Gasteiger charge is 2.23. The largest absolute Gasteiger partial charge is 0.326 e. The van der Waals surface area contributed by atoms with Crippen molar-refractivity contribution in [1.29, 1.82) is 0 Å². The first-order chi connectivity index (χ1) is 5.25. The first-order valence-electron chi connectivity index (χ1n) is 3.69. The lowest BCUT2D eigenvalue weighted by atomic mass is 10.4. The molecule has 0 aromatic heterocycles. The molecule has 0 saturated carbocycles. The molecule has 1 aliphatic rings. The van der Waals surface area contributed by atoms with E-state index in [-0.39, 0.29) is 6.03 Å². The molecule has 0 aromatic rings. The summed E-state index contributed by atoms with van der Waals surface area (Å²) in [7, 11) is 1.80. The summed E-state index contributed by atoms with van der Waals surface area (Å²) in [4.78, 5) is 14.7. The van der Waals surface area contributed by atoms with Crippen LogP contribution in [0.5, 0.6) is 0 Å². The molecule has 3 nitrogen and oxygen atoms in total. The summed E-state index contributed by atoms with van der Waals surface area (Å²) in [6, 6.07) is 0.0975. The molecule has 0 aromatic carbocycles. The number of amides is 2. The minimum absolute atomic E-state index is 0.0975. The molecule has 0 aliphatic carbocycles. The molecule has 3 heteroatoms. The predicted octanol–water partition coefficient (Wildman–Crippen LogP) is 0.377. The molecule has 1 aliphatic heterocycles. The summed E-state index contributed by atoms with van der Waals surface area (Å²) < 4.78 is 0. The van der Waals surface area contributed by atoms with Gasteiger partial charge >= 0.3 is 6.03 Å². The molecule has 0 bridgehead atoms. The lowest BCUT2D eigenvalue weighted by molar-refractivity contribution is 0.199. The van der Waals surface area contributed by atoms with E-state index >= 15 is 0 Å². The molecule has 1 rings (SSSR count). The minimum Gasteiger partial charge on any atom is -0.326 e. The number of hydrogen-bond acceptors (Lipinski definition) is 1. The highest BCUT2D eigenvalue weighted by Crippen LogP contribution is 2.05. The normalized spacial score (nSPS) is 17.3. The molecule has 0 radical (unpaired) electrons. The van der Waals surface area contributed by atoms with Crippen molar-refractivity contribution in [3.63, 3.8) is 0 Å². The number of carbonyl (C=O) groups is 1. The maximum absolute atomic E-state index is 11.2. The van der Waals surface area contributed by atoms with Gasteiger partial charge in [-0.3, -0.25) is 0 Å². The zero-order valence-electron chi connectivity index (χ0n) is 6.71. The third kappa shape index (κ3) is 1.64. The van der Waals surface area contributed by atoms with Crippen LogP contribution in [0.4, 0.5) is 4.79 Å². The highest BCUT2D eigenvalue weighted by atomic mass is 16.2. The molecule has 0 unspecified atom stereocenters.